The Morgan fingerprint density at radius 2 is 1.88 bits per heavy atom. The quantitative estimate of drug-likeness (QED) is 0.418. The minimum Gasteiger partial charge on any atom is -0.381 e. The second-order valence-electron chi connectivity index (χ2n) is 3.17. The molecule has 0 aliphatic heterocycles. The van der Waals surface area contributed by atoms with Gasteiger partial charge in [0.15, 0.2) is 0 Å². The maximum Gasteiger partial charge on any atom is 0.534 e. The molecule has 0 radical (unpaired) electrons. The molecule has 0 saturated heterocycles. The molecule has 0 unspecified atom stereocenters. The van der Waals surface area contributed by atoms with Gasteiger partial charge in [0.1, 0.15) is 5.76 Å². The predicted octanol–water partition coefficient (Wildman–Crippen LogP) is 3.34. The van der Waals surface area contributed by atoms with Gasteiger partial charge in [-0.15, -0.1) is 0 Å². The van der Waals surface area contributed by atoms with Crippen LogP contribution in [0.5, 0.6) is 0 Å². The highest BCUT2D eigenvalue weighted by Gasteiger charge is 2.48. The Hall–Kier alpha value is -0.720. The van der Waals surface area contributed by atoms with E-state index in [1.165, 1.54) is 6.08 Å². The Bertz CT molecular complexity index is 330. The Kier molecular flexibility index (Phi) is 5.85. The number of rotatable bonds is 6. The topological polar surface area (TPSA) is 43.4 Å². The third kappa shape index (κ3) is 4.87. The van der Waals surface area contributed by atoms with E-state index in [2.05, 4.69) is 4.18 Å². The zero-order valence-electron chi connectivity index (χ0n) is 9.17. The van der Waals surface area contributed by atoms with Crippen LogP contribution in [-0.2, 0) is 14.3 Å². The van der Waals surface area contributed by atoms with E-state index in [9.17, 15) is 21.6 Å². The second kappa shape index (κ2) is 6.12. The van der Waals surface area contributed by atoms with Crippen molar-refractivity contribution in [2.45, 2.75) is 45.0 Å². The summed E-state index contributed by atoms with van der Waals surface area (Å²) < 4.78 is 61.5. The van der Waals surface area contributed by atoms with Crippen molar-refractivity contribution in [3.8, 4) is 0 Å². The Morgan fingerprint density at radius 1 is 1.31 bits per heavy atom. The lowest BCUT2D eigenvalue weighted by molar-refractivity contribution is -0.0523. The summed E-state index contributed by atoms with van der Waals surface area (Å²) in [5.74, 6) is -0.137. The van der Waals surface area contributed by atoms with E-state index in [0.717, 1.165) is 6.42 Å². The van der Waals surface area contributed by atoms with Crippen molar-refractivity contribution in [2.75, 3.05) is 0 Å². The van der Waals surface area contributed by atoms with Crippen molar-refractivity contribution in [2.24, 2.45) is 0 Å². The number of hydrogen-bond donors (Lipinski definition) is 0. The van der Waals surface area contributed by atoms with Crippen molar-refractivity contribution < 1.29 is 25.8 Å². The molecule has 0 aromatic rings. The molecule has 0 aliphatic rings. The van der Waals surface area contributed by atoms with Gasteiger partial charge in [-0.1, -0.05) is 20.3 Å². The van der Waals surface area contributed by atoms with Gasteiger partial charge >= 0.3 is 15.6 Å². The maximum atomic E-state index is 12.0. The molecule has 0 bridgehead atoms. The smallest absolute Gasteiger partial charge is 0.381 e. The summed E-state index contributed by atoms with van der Waals surface area (Å²) in [7, 11) is -5.52. The molecule has 0 amide bonds. The van der Waals surface area contributed by atoms with E-state index in [0.29, 0.717) is 12.8 Å². The van der Waals surface area contributed by atoms with Crippen LogP contribution in [-0.4, -0.2) is 13.9 Å². The van der Waals surface area contributed by atoms with E-state index in [1.54, 1.807) is 6.92 Å². The average Bonchev–Trinajstić information content (AvgIpc) is 2.12. The van der Waals surface area contributed by atoms with Crippen molar-refractivity contribution >= 4 is 10.1 Å². The minimum absolute atomic E-state index is 0.137. The Labute approximate surface area is 93.4 Å². The van der Waals surface area contributed by atoms with Crippen molar-refractivity contribution in [1.29, 1.82) is 0 Å². The largest absolute Gasteiger partial charge is 0.534 e. The third-order valence-electron chi connectivity index (χ3n) is 1.71. The second-order valence-corrected chi connectivity index (χ2v) is 4.70. The first-order chi connectivity index (χ1) is 7.24. The van der Waals surface area contributed by atoms with E-state index >= 15 is 0 Å². The molecule has 0 aromatic heterocycles. The predicted molar refractivity (Wildman–Crippen MR) is 54.0 cm³/mol. The first kappa shape index (κ1) is 15.3. The molecule has 0 fully saturated rings. The van der Waals surface area contributed by atoms with Gasteiger partial charge in [0, 0.05) is 6.42 Å². The molecule has 0 spiro atoms. The molecule has 7 heteroatoms. The first-order valence-corrected chi connectivity index (χ1v) is 6.35. The number of halogens is 3. The third-order valence-corrected chi connectivity index (χ3v) is 2.71. The van der Waals surface area contributed by atoms with Crippen LogP contribution in [0.4, 0.5) is 13.2 Å². The molecule has 3 nitrogen and oxygen atoms in total. The summed E-state index contributed by atoms with van der Waals surface area (Å²) in [6, 6.07) is 0. The highest BCUT2D eigenvalue weighted by Crippen LogP contribution is 2.27. The van der Waals surface area contributed by atoms with E-state index < -0.39 is 15.6 Å². The summed E-state index contributed by atoms with van der Waals surface area (Å²) in [6.07, 6.45) is 3.29. The van der Waals surface area contributed by atoms with Gasteiger partial charge in [0.25, 0.3) is 0 Å². The van der Waals surface area contributed by atoms with Crippen molar-refractivity contribution in [1.82, 2.24) is 0 Å². The normalized spacial score (nSPS) is 13.9. The average molecular weight is 260 g/mol. The van der Waals surface area contributed by atoms with Gasteiger partial charge in [-0.3, -0.25) is 0 Å². The fraction of sp³-hybridized carbons (Fsp3) is 0.778. The van der Waals surface area contributed by atoms with Gasteiger partial charge in [-0.2, -0.15) is 21.6 Å². The standard InChI is InChI=1S/C9H15F3O3S/c1-3-5-7-8(6-4-2)15-16(13,14)9(10,11)12/h6H,3-5,7H2,1-2H3/b8-6+. The lowest BCUT2D eigenvalue weighted by Crippen LogP contribution is -2.25. The number of allylic oxidation sites excluding steroid dienone is 2. The van der Waals surface area contributed by atoms with Crippen LogP contribution in [0.3, 0.4) is 0 Å². The van der Waals surface area contributed by atoms with Gasteiger partial charge in [-0.25, -0.2) is 0 Å². The number of unbranched alkanes of at least 4 members (excludes halogenated alkanes) is 1. The zero-order chi connectivity index (χ0) is 12.8. The Morgan fingerprint density at radius 3 is 2.25 bits per heavy atom. The summed E-state index contributed by atoms with van der Waals surface area (Å²) in [4.78, 5) is 0. The molecule has 16 heavy (non-hydrogen) atoms. The van der Waals surface area contributed by atoms with Crippen molar-refractivity contribution in [3.63, 3.8) is 0 Å². The van der Waals surface area contributed by atoms with E-state index in [4.69, 9.17) is 0 Å². The molecule has 96 valence electrons. The molecule has 0 N–H and O–H groups in total. The lowest BCUT2D eigenvalue weighted by atomic mass is 10.2. The molecule has 0 heterocycles. The molecule has 0 aromatic carbocycles. The van der Waals surface area contributed by atoms with E-state index in [-0.39, 0.29) is 12.2 Å². The summed E-state index contributed by atoms with van der Waals surface area (Å²) >= 11 is 0. The Balaban J connectivity index is 4.71. The van der Waals surface area contributed by atoms with Crippen LogP contribution >= 0.6 is 0 Å². The summed E-state index contributed by atoms with van der Waals surface area (Å²) in [5.41, 5.74) is -5.37. The first-order valence-electron chi connectivity index (χ1n) is 4.94. The van der Waals surface area contributed by atoms with Gasteiger partial charge < -0.3 is 4.18 Å². The molecule has 0 saturated carbocycles. The summed E-state index contributed by atoms with van der Waals surface area (Å²) in [5, 5.41) is 0. The van der Waals surface area contributed by atoms with E-state index in [1.807, 2.05) is 6.92 Å². The number of hydrogen-bond acceptors (Lipinski definition) is 3. The molecule has 0 atom stereocenters. The lowest BCUT2D eigenvalue weighted by Gasteiger charge is -2.12. The fourth-order valence-electron chi connectivity index (χ4n) is 0.945. The molecule has 0 rings (SSSR count). The van der Waals surface area contributed by atoms with Gasteiger partial charge in [0.2, 0.25) is 0 Å². The maximum absolute atomic E-state index is 12.0. The molecular formula is C9H15F3O3S. The highest BCUT2D eigenvalue weighted by molar-refractivity contribution is 7.87. The SMILES string of the molecule is CC/C=C(\CCCC)OS(=O)(=O)C(F)(F)F. The number of alkyl halides is 3. The van der Waals surface area contributed by atoms with Crippen molar-refractivity contribution in [3.05, 3.63) is 11.8 Å². The zero-order valence-corrected chi connectivity index (χ0v) is 9.99. The van der Waals surface area contributed by atoms with Crippen LogP contribution in [0, 0.1) is 0 Å². The molecule has 0 aliphatic carbocycles. The summed E-state index contributed by atoms with van der Waals surface area (Å²) in [6.45, 7) is 3.54. The van der Waals surface area contributed by atoms with Gasteiger partial charge in [-0.05, 0) is 18.9 Å². The highest BCUT2D eigenvalue weighted by atomic mass is 32.2. The van der Waals surface area contributed by atoms with Crippen LogP contribution in [0.25, 0.3) is 0 Å². The molecular weight excluding hydrogens is 245 g/mol. The van der Waals surface area contributed by atoms with Crippen LogP contribution in [0.2, 0.25) is 0 Å². The van der Waals surface area contributed by atoms with Crippen LogP contribution < -0.4 is 0 Å². The van der Waals surface area contributed by atoms with Gasteiger partial charge in [0.05, 0.1) is 0 Å². The van der Waals surface area contributed by atoms with Crippen LogP contribution in [0.15, 0.2) is 11.8 Å². The fourth-order valence-corrected chi connectivity index (χ4v) is 1.47. The van der Waals surface area contributed by atoms with Crippen LogP contribution in [0.1, 0.15) is 39.5 Å². The monoisotopic (exact) mass is 260 g/mol. The minimum atomic E-state index is -5.52.